The van der Waals surface area contributed by atoms with Crippen molar-refractivity contribution in [2.75, 3.05) is 27.2 Å². The molecule has 96 valence electrons. The van der Waals surface area contributed by atoms with E-state index in [1.165, 1.54) is 28.7 Å². The van der Waals surface area contributed by atoms with Gasteiger partial charge in [0.1, 0.15) is 0 Å². The van der Waals surface area contributed by atoms with E-state index < -0.39 is 0 Å². The highest BCUT2D eigenvalue weighted by Gasteiger charge is 2.05. The van der Waals surface area contributed by atoms with Gasteiger partial charge >= 0.3 is 0 Å². The SMILES string of the molecule is CNCCCN(C)Cc1cc(C)c(C)cc1C. The van der Waals surface area contributed by atoms with Crippen LogP contribution in [0.25, 0.3) is 0 Å². The summed E-state index contributed by atoms with van der Waals surface area (Å²) in [7, 11) is 4.21. The molecule has 0 saturated heterocycles. The molecular weight excluding hydrogens is 208 g/mol. The van der Waals surface area contributed by atoms with Crippen LogP contribution in [0.5, 0.6) is 0 Å². The van der Waals surface area contributed by atoms with E-state index in [9.17, 15) is 0 Å². The van der Waals surface area contributed by atoms with Gasteiger partial charge in [0.2, 0.25) is 0 Å². The Morgan fingerprint density at radius 3 is 2.35 bits per heavy atom. The first-order valence-corrected chi connectivity index (χ1v) is 6.44. The number of aryl methyl sites for hydroxylation is 3. The molecule has 2 nitrogen and oxygen atoms in total. The van der Waals surface area contributed by atoms with Gasteiger partial charge in [-0.05, 0) is 76.6 Å². The van der Waals surface area contributed by atoms with Crippen LogP contribution in [0.1, 0.15) is 28.7 Å². The molecule has 0 bridgehead atoms. The third-order valence-corrected chi connectivity index (χ3v) is 3.36. The fourth-order valence-electron chi connectivity index (χ4n) is 2.09. The molecule has 0 aliphatic carbocycles. The van der Waals surface area contributed by atoms with E-state index in [0.29, 0.717) is 0 Å². The maximum atomic E-state index is 3.19. The molecule has 1 N–H and O–H groups in total. The maximum absolute atomic E-state index is 3.19. The van der Waals surface area contributed by atoms with Gasteiger partial charge in [-0.15, -0.1) is 0 Å². The minimum Gasteiger partial charge on any atom is -0.320 e. The smallest absolute Gasteiger partial charge is 0.0233 e. The Morgan fingerprint density at radius 2 is 1.71 bits per heavy atom. The highest BCUT2D eigenvalue weighted by molar-refractivity contribution is 5.36. The molecule has 0 heterocycles. The summed E-state index contributed by atoms with van der Waals surface area (Å²) in [5, 5.41) is 3.19. The second-order valence-corrected chi connectivity index (χ2v) is 5.06. The summed E-state index contributed by atoms with van der Waals surface area (Å²) in [6.07, 6.45) is 1.21. The van der Waals surface area contributed by atoms with Gasteiger partial charge in [0.05, 0.1) is 0 Å². The van der Waals surface area contributed by atoms with Crippen molar-refractivity contribution in [3.63, 3.8) is 0 Å². The van der Waals surface area contributed by atoms with Crippen LogP contribution in [0.4, 0.5) is 0 Å². The first-order chi connectivity index (χ1) is 8.04. The number of rotatable bonds is 6. The minimum atomic E-state index is 1.05. The van der Waals surface area contributed by atoms with Crippen LogP contribution in [0, 0.1) is 20.8 Å². The summed E-state index contributed by atoms with van der Waals surface area (Å²) in [6, 6.07) is 4.63. The van der Waals surface area contributed by atoms with E-state index in [2.05, 4.69) is 50.2 Å². The number of nitrogens with one attached hydrogen (secondary N) is 1. The van der Waals surface area contributed by atoms with Gasteiger partial charge < -0.3 is 10.2 Å². The Labute approximate surface area is 106 Å². The summed E-state index contributed by atoms with van der Waals surface area (Å²) in [4.78, 5) is 2.40. The normalized spacial score (nSPS) is 11.2. The van der Waals surface area contributed by atoms with Crippen LogP contribution in [-0.2, 0) is 6.54 Å². The summed E-state index contributed by atoms with van der Waals surface area (Å²) >= 11 is 0. The fourth-order valence-corrected chi connectivity index (χ4v) is 2.09. The number of benzene rings is 1. The molecular formula is C15H26N2. The maximum Gasteiger partial charge on any atom is 0.0233 e. The Hall–Kier alpha value is -0.860. The summed E-state index contributed by atoms with van der Waals surface area (Å²) in [5.41, 5.74) is 5.66. The van der Waals surface area contributed by atoms with Crippen molar-refractivity contribution in [1.82, 2.24) is 10.2 Å². The molecule has 1 rings (SSSR count). The molecule has 0 aliphatic heterocycles. The predicted molar refractivity (Wildman–Crippen MR) is 75.5 cm³/mol. The second-order valence-electron chi connectivity index (χ2n) is 5.06. The summed E-state index contributed by atoms with van der Waals surface area (Å²) in [5.74, 6) is 0. The lowest BCUT2D eigenvalue weighted by molar-refractivity contribution is 0.320. The van der Waals surface area contributed by atoms with Gasteiger partial charge in [-0.3, -0.25) is 0 Å². The topological polar surface area (TPSA) is 15.3 Å². The van der Waals surface area contributed by atoms with Crippen LogP contribution in [-0.4, -0.2) is 32.1 Å². The van der Waals surface area contributed by atoms with E-state index in [4.69, 9.17) is 0 Å². The standard InChI is InChI=1S/C15H26N2/c1-12-9-14(3)15(10-13(12)2)11-17(5)8-6-7-16-4/h9-10,16H,6-8,11H2,1-5H3. The molecule has 0 radical (unpaired) electrons. The third kappa shape index (κ3) is 4.49. The van der Waals surface area contributed by atoms with Crippen molar-refractivity contribution in [1.29, 1.82) is 0 Å². The summed E-state index contributed by atoms with van der Waals surface area (Å²) in [6.45, 7) is 9.88. The van der Waals surface area contributed by atoms with Crippen LogP contribution in [0.15, 0.2) is 12.1 Å². The van der Waals surface area contributed by atoms with Crippen molar-refractivity contribution in [3.05, 3.63) is 34.4 Å². The van der Waals surface area contributed by atoms with Gasteiger partial charge in [0.15, 0.2) is 0 Å². The summed E-state index contributed by atoms with van der Waals surface area (Å²) < 4.78 is 0. The molecule has 0 fully saturated rings. The van der Waals surface area contributed by atoms with E-state index >= 15 is 0 Å². The number of hydrogen-bond acceptors (Lipinski definition) is 2. The molecule has 0 saturated carbocycles. The Bertz CT molecular complexity index is 358. The van der Waals surface area contributed by atoms with Crippen molar-refractivity contribution in [3.8, 4) is 0 Å². The van der Waals surface area contributed by atoms with Crippen molar-refractivity contribution < 1.29 is 0 Å². The lowest BCUT2D eigenvalue weighted by Crippen LogP contribution is -2.22. The van der Waals surface area contributed by atoms with Crippen molar-refractivity contribution >= 4 is 0 Å². The van der Waals surface area contributed by atoms with E-state index in [0.717, 1.165) is 19.6 Å². The molecule has 2 heteroatoms. The lowest BCUT2D eigenvalue weighted by atomic mass is 10.0. The molecule has 0 spiro atoms. The van der Waals surface area contributed by atoms with Gasteiger partial charge in [-0.25, -0.2) is 0 Å². The van der Waals surface area contributed by atoms with Gasteiger partial charge in [0.25, 0.3) is 0 Å². The van der Waals surface area contributed by atoms with E-state index in [-0.39, 0.29) is 0 Å². The van der Waals surface area contributed by atoms with Gasteiger partial charge in [-0.2, -0.15) is 0 Å². The Kier molecular flexibility index (Phi) is 5.66. The first kappa shape index (κ1) is 14.2. The largest absolute Gasteiger partial charge is 0.320 e. The zero-order valence-corrected chi connectivity index (χ0v) is 11.9. The quantitative estimate of drug-likeness (QED) is 0.761. The highest BCUT2D eigenvalue weighted by atomic mass is 15.1. The molecule has 0 aliphatic rings. The Balaban J connectivity index is 2.58. The minimum absolute atomic E-state index is 1.05. The zero-order valence-electron chi connectivity index (χ0n) is 11.9. The average Bonchev–Trinajstić information content (AvgIpc) is 2.26. The zero-order chi connectivity index (χ0) is 12.8. The molecule has 1 aromatic rings. The third-order valence-electron chi connectivity index (χ3n) is 3.36. The number of hydrogen-bond donors (Lipinski definition) is 1. The van der Waals surface area contributed by atoms with Crippen LogP contribution < -0.4 is 5.32 Å². The Morgan fingerprint density at radius 1 is 1.06 bits per heavy atom. The monoisotopic (exact) mass is 234 g/mol. The van der Waals surface area contributed by atoms with Crippen molar-refractivity contribution in [2.45, 2.75) is 33.7 Å². The highest BCUT2D eigenvalue weighted by Crippen LogP contribution is 2.16. The van der Waals surface area contributed by atoms with Crippen molar-refractivity contribution in [2.24, 2.45) is 0 Å². The van der Waals surface area contributed by atoms with Crippen LogP contribution in [0.3, 0.4) is 0 Å². The molecule has 0 unspecified atom stereocenters. The fraction of sp³-hybridized carbons (Fsp3) is 0.600. The van der Waals surface area contributed by atoms with E-state index in [1.807, 2.05) is 7.05 Å². The van der Waals surface area contributed by atoms with Crippen LogP contribution in [0.2, 0.25) is 0 Å². The van der Waals surface area contributed by atoms with Gasteiger partial charge in [-0.1, -0.05) is 12.1 Å². The molecule has 0 atom stereocenters. The second kappa shape index (κ2) is 6.77. The van der Waals surface area contributed by atoms with E-state index in [1.54, 1.807) is 0 Å². The number of nitrogens with zero attached hydrogens (tertiary/aromatic N) is 1. The molecule has 0 amide bonds. The van der Waals surface area contributed by atoms with Gasteiger partial charge in [0, 0.05) is 6.54 Å². The first-order valence-electron chi connectivity index (χ1n) is 6.44. The van der Waals surface area contributed by atoms with Crippen LogP contribution >= 0.6 is 0 Å². The average molecular weight is 234 g/mol. The molecule has 17 heavy (non-hydrogen) atoms. The predicted octanol–water partition coefficient (Wildman–Crippen LogP) is 2.65. The lowest BCUT2D eigenvalue weighted by Gasteiger charge is -2.19. The molecule has 1 aromatic carbocycles. The molecule has 0 aromatic heterocycles.